The third-order valence-electron chi connectivity index (χ3n) is 3.68. The molecule has 0 aliphatic heterocycles. The van der Waals surface area contributed by atoms with Gasteiger partial charge >= 0.3 is 0 Å². The topological polar surface area (TPSA) is 72.7 Å². The third kappa shape index (κ3) is 3.86. The molecule has 24 heavy (non-hydrogen) atoms. The second kappa shape index (κ2) is 6.92. The van der Waals surface area contributed by atoms with E-state index in [2.05, 4.69) is 46.6 Å². The first kappa shape index (κ1) is 16.3. The summed E-state index contributed by atoms with van der Waals surface area (Å²) in [5.41, 5.74) is 4.46. The standard InChI is InChI=1S/C17H19N5OS/c1-11-4-6-14(12(2)8-11)16-20-21-17(24-16)19-15(23)7-5-13-9-18-22(3)10-13/h4,6,8-10H,5,7H2,1-3H3,(H,19,21,23). The zero-order valence-electron chi connectivity index (χ0n) is 13.9. The van der Waals surface area contributed by atoms with Crippen molar-refractivity contribution in [2.45, 2.75) is 26.7 Å². The van der Waals surface area contributed by atoms with Crippen LogP contribution in [0.15, 0.2) is 30.6 Å². The molecule has 0 fully saturated rings. The van der Waals surface area contributed by atoms with Gasteiger partial charge in [-0.25, -0.2) is 0 Å². The summed E-state index contributed by atoms with van der Waals surface area (Å²) in [7, 11) is 1.86. The Hall–Kier alpha value is -2.54. The van der Waals surface area contributed by atoms with E-state index in [1.54, 1.807) is 10.9 Å². The Kier molecular flexibility index (Phi) is 4.71. The monoisotopic (exact) mass is 341 g/mol. The van der Waals surface area contributed by atoms with Crippen LogP contribution in [0.25, 0.3) is 10.6 Å². The molecule has 2 aromatic heterocycles. The van der Waals surface area contributed by atoms with E-state index in [4.69, 9.17) is 0 Å². The molecule has 0 saturated carbocycles. The number of benzene rings is 1. The van der Waals surface area contributed by atoms with Crippen molar-refractivity contribution in [3.63, 3.8) is 0 Å². The molecule has 7 heteroatoms. The second-order valence-electron chi connectivity index (χ2n) is 5.80. The van der Waals surface area contributed by atoms with E-state index < -0.39 is 0 Å². The predicted octanol–water partition coefficient (Wildman–Crippen LogP) is 3.13. The molecule has 124 valence electrons. The molecule has 0 radical (unpaired) electrons. The number of nitrogens with zero attached hydrogens (tertiary/aromatic N) is 4. The Bertz CT molecular complexity index is 868. The Morgan fingerprint density at radius 2 is 2.12 bits per heavy atom. The van der Waals surface area contributed by atoms with Crippen molar-refractivity contribution in [1.82, 2.24) is 20.0 Å². The Balaban J connectivity index is 1.62. The van der Waals surface area contributed by atoms with E-state index >= 15 is 0 Å². The second-order valence-corrected chi connectivity index (χ2v) is 6.78. The average Bonchev–Trinajstić information content (AvgIpc) is 3.14. The van der Waals surface area contributed by atoms with Gasteiger partial charge in [-0.05, 0) is 31.4 Å². The Labute approximate surface area is 144 Å². The van der Waals surface area contributed by atoms with Crippen LogP contribution in [0.1, 0.15) is 23.1 Å². The maximum atomic E-state index is 12.1. The molecule has 0 bridgehead atoms. The highest BCUT2D eigenvalue weighted by molar-refractivity contribution is 7.18. The number of carbonyl (C=O) groups is 1. The zero-order chi connectivity index (χ0) is 17.1. The minimum atomic E-state index is -0.0674. The SMILES string of the molecule is Cc1ccc(-c2nnc(NC(=O)CCc3cnn(C)c3)s2)c(C)c1. The quantitative estimate of drug-likeness (QED) is 0.774. The number of carbonyl (C=O) groups excluding carboxylic acids is 1. The number of anilines is 1. The molecule has 6 nitrogen and oxygen atoms in total. The summed E-state index contributed by atoms with van der Waals surface area (Å²) < 4.78 is 1.73. The van der Waals surface area contributed by atoms with Gasteiger partial charge in [-0.2, -0.15) is 5.10 Å². The van der Waals surface area contributed by atoms with Gasteiger partial charge in [0, 0.05) is 25.2 Å². The van der Waals surface area contributed by atoms with Gasteiger partial charge in [0.2, 0.25) is 11.0 Å². The van der Waals surface area contributed by atoms with E-state index in [9.17, 15) is 4.79 Å². The van der Waals surface area contributed by atoms with Crippen molar-refractivity contribution in [2.75, 3.05) is 5.32 Å². The molecule has 0 spiro atoms. The fourth-order valence-electron chi connectivity index (χ4n) is 2.48. The molecular weight excluding hydrogens is 322 g/mol. The predicted molar refractivity (Wildman–Crippen MR) is 95.0 cm³/mol. The lowest BCUT2D eigenvalue weighted by molar-refractivity contribution is -0.116. The van der Waals surface area contributed by atoms with Crippen molar-refractivity contribution in [2.24, 2.45) is 7.05 Å². The van der Waals surface area contributed by atoms with Gasteiger partial charge < -0.3 is 5.32 Å². The number of aryl methyl sites for hydroxylation is 4. The summed E-state index contributed by atoms with van der Waals surface area (Å²) in [6.45, 7) is 4.11. The van der Waals surface area contributed by atoms with Gasteiger partial charge in [-0.3, -0.25) is 9.48 Å². The number of rotatable bonds is 5. The van der Waals surface area contributed by atoms with Crippen LogP contribution in [0.2, 0.25) is 0 Å². The molecule has 1 N–H and O–H groups in total. The summed E-state index contributed by atoms with van der Waals surface area (Å²) in [5.74, 6) is -0.0674. The van der Waals surface area contributed by atoms with Crippen LogP contribution < -0.4 is 5.32 Å². The fourth-order valence-corrected chi connectivity index (χ4v) is 3.33. The zero-order valence-corrected chi connectivity index (χ0v) is 14.7. The summed E-state index contributed by atoms with van der Waals surface area (Å²) in [6.07, 6.45) is 4.74. The van der Waals surface area contributed by atoms with Crippen molar-refractivity contribution in [3.05, 3.63) is 47.3 Å². The lowest BCUT2D eigenvalue weighted by Crippen LogP contribution is -2.12. The van der Waals surface area contributed by atoms with E-state index in [0.29, 0.717) is 18.0 Å². The molecule has 0 saturated heterocycles. The molecule has 1 amide bonds. The number of hydrogen-bond acceptors (Lipinski definition) is 5. The molecule has 1 aromatic carbocycles. The molecular formula is C17H19N5OS. The first-order valence-electron chi connectivity index (χ1n) is 7.70. The third-order valence-corrected chi connectivity index (χ3v) is 4.55. The number of amides is 1. The maximum Gasteiger partial charge on any atom is 0.226 e. The summed E-state index contributed by atoms with van der Waals surface area (Å²) in [4.78, 5) is 12.1. The van der Waals surface area contributed by atoms with Gasteiger partial charge in [0.1, 0.15) is 5.01 Å². The van der Waals surface area contributed by atoms with E-state index in [0.717, 1.165) is 21.7 Å². The van der Waals surface area contributed by atoms with E-state index in [1.807, 2.05) is 19.3 Å². The van der Waals surface area contributed by atoms with Crippen LogP contribution in [0.4, 0.5) is 5.13 Å². The normalized spacial score (nSPS) is 10.8. The molecule has 0 atom stereocenters. The van der Waals surface area contributed by atoms with Crippen molar-refractivity contribution >= 4 is 22.4 Å². The number of nitrogens with one attached hydrogen (secondary N) is 1. The van der Waals surface area contributed by atoms with Crippen LogP contribution in [-0.2, 0) is 18.3 Å². The van der Waals surface area contributed by atoms with Gasteiger partial charge in [-0.1, -0.05) is 35.1 Å². The minimum absolute atomic E-state index is 0.0674. The first-order chi connectivity index (χ1) is 11.5. The fraction of sp³-hybridized carbons (Fsp3) is 0.294. The van der Waals surface area contributed by atoms with Crippen LogP contribution >= 0.6 is 11.3 Å². The lowest BCUT2D eigenvalue weighted by Gasteiger charge is -2.02. The van der Waals surface area contributed by atoms with Crippen LogP contribution in [0.3, 0.4) is 0 Å². The van der Waals surface area contributed by atoms with E-state index in [1.165, 1.54) is 16.9 Å². The van der Waals surface area contributed by atoms with Crippen LogP contribution in [0, 0.1) is 13.8 Å². The Morgan fingerprint density at radius 1 is 1.29 bits per heavy atom. The highest BCUT2D eigenvalue weighted by atomic mass is 32.1. The minimum Gasteiger partial charge on any atom is -0.301 e. The number of hydrogen-bond donors (Lipinski definition) is 1. The van der Waals surface area contributed by atoms with Crippen molar-refractivity contribution < 1.29 is 4.79 Å². The maximum absolute atomic E-state index is 12.1. The molecule has 2 heterocycles. The highest BCUT2D eigenvalue weighted by Gasteiger charge is 2.11. The molecule has 3 aromatic rings. The summed E-state index contributed by atoms with van der Waals surface area (Å²) >= 11 is 1.39. The number of aromatic nitrogens is 4. The lowest BCUT2D eigenvalue weighted by atomic mass is 10.1. The van der Waals surface area contributed by atoms with Gasteiger partial charge in [-0.15, -0.1) is 10.2 Å². The van der Waals surface area contributed by atoms with Crippen LogP contribution in [-0.4, -0.2) is 25.9 Å². The molecule has 0 unspecified atom stereocenters. The van der Waals surface area contributed by atoms with Crippen molar-refractivity contribution in [1.29, 1.82) is 0 Å². The Morgan fingerprint density at radius 3 is 2.83 bits per heavy atom. The summed E-state index contributed by atoms with van der Waals surface area (Å²) in [6, 6.07) is 6.21. The van der Waals surface area contributed by atoms with Gasteiger partial charge in [0.15, 0.2) is 0 Å². The van der Waals surface area contributed by atoms with Gasteiger partial charge in [0.05, 0.1) is 6.20 Å². The van der Waals surface area contributed by atoms with Gasteiger partial charge in [0.25, 0.3) is 0 Å². The smallest absolute Gasteiger partial charge is 0.226 e. The summed E-state index contributed by atoms with van der Waals surface area (Å²) in [5, 5.41) is 16.5. The molecule has 0 aliphatic carbocycles. The first-order valence-corrected chi connectivity index (χ1v) is 8.51. The van der Waals surface area contributed by atoms with Crippen LogP contribution in [0.5, 0.6) is 0 Å². The highest BCUT2D eigenvalue weighted by Crippen LogP contribution is 2.29. The van der Waals surface area contributed by atoms with Crippen molar-refractivity contribution in [3.8, 4) is 10.6 Å². The molecule has 0 aliphatic rings. The largest absolute Gasteiger partial charge is 0.301 e. The molecule has 3 rings (SSSR count). The van der Waals surface area contributed by atoms with E-state index in [-0.39, 0.29) is 5.91 Å². The average molecular weight is 341 g/mol.